The van der Waals surface area contributed by atoms with E-state index in [1.807, 2.05) is 0 Å². The second-order valence-corrected chi connectivity index (χ2v) is 4.50. The molecule has 0 unspecified atom stereocenters. The molecule has 0 aromatic heterocycles. The van der Waals surface area contributed by atoms with E-state index >= 15 is 0 Å². The number of aromatic hydroxyl groups is 1. The number of anilines is 1. The molecule has 0 saturated heterocycles. The molecule has 1 aromatic carbocycles. The van der Waals surface area contributed by atoms with E-state index in [0.29, 0.717) is 18.4 Å². The molecule has 0 bridgehead atoms. The fourth-order valence-corrected chi connectivity index (χ4v) is 1.20. The van der Waals surface area contributed by atoms with Gasteiger partial charge in [0.1, 0.15) is 5.75 Å². The second-order valence-electron chi connectivity index (χ2n) is 4.50. The predicted octanol–water partition coefficient (Wildman–Crippen LogP) is 1.90. The Morgan fingerprint density at radius 1 is 1.29 bits per heavy atom. The zero-order valence-corrected chi connectivity index (χ0v) is 10.0. The molecule has 17 heavy (non-hydrogen) atoms. The van der Waals surface area contributed by atoms with E-state index in [1.165, 1.54) is 18.2 Å². The fraction of sp³-hybridized carbons (Fsp3) is 0.333. The van der Waals surface area contributed by atoms with Crippen LogP contribution in [0.25, 0.3) is 0 Å². The number of benzene rings is 1. The number of rotatable bonds is 4. The van der Waals surface area contributed by atoms with Crippen molar-refractivity contribution in [2.45, 2.75) is 26.4 Å². The van der Waals surface area contributed by atoms with Crippen LogP contribution < -0.4 is 5.06 Å². The molecule has 0 fully saturated rings. The first kappa shape index (κ1) is 13.2. The average Bonchev–Trinajstić information content (AvgIpc) is 2.24. The minimum Gasteiger partial charge on any atom is -0.507 e. The lowest BCUT2D eigenvalue weighted by Crippen LogP contribution is -2.32. The molecule has 0 aliphatic carbocycles. The number of nitrogens with zero attached hydrogens (tertiary/aromatic N) is 1. The van der Waals surface area contributed by atoms with Crippen LogP contribution in [0.4, 0.5) is 5.69 Å². The fourth-order valence-electron chi connectivity index (χ4n) is 1.20. The van der Waals surface area contributed by atoms with Gasteiger partial charge < -0.3 is 5.11 Å². The molecule has 1 rings (SSSR count). The first-order valence-corrected chi connectivity index (χ1v) is 5.09. The van der Waals surface area contributed by atoms with E-state index in [2.05, 4.69) is 0 Å². The molecule has 0 atom stereocenters. The summed E-state index contributed by atoms with van der Waals surface area (Å²) >= 11 is 0. The van der Waals surface area contributed by atoms with Crippen LogP contribution >= 0.6 is 0 Å². The Labute approximate surface area is 99.6 Å². The van der Waals surface area contributed by atoms with Crippen molar-refractivity contribution >= 4 is 18.4 Å². The van der Waals surface area contributed by atoms with Crippen LogP contribution in [0.1, 0.15) is 31.1 Å². The molecule has 92 valence electrons. The van der Waals surface area contributed by atoms with Crippen LogP contribution in [0.2, 0.25) is 0 Å². The molecule has 0 heterocycles. The lowest BCUT2D eigenvalue weighted by molar-refractivity contribution is -0.120. The molecule has 1 N–H and O–H groups in total. The molecule has 5 heteroatoms. The average molecular weight is 237 g/mol. The standard InChI is InChI=1S/C12H15NO4/c1-12(2,3)17-13(8-15)10-5-4-9(7-14)11(16)6-10/h4-8,16H,1-3H3. The summed E-state index contributed by atoms with van der Waals surface area (Å²) in [5.41, 5.74) is -0.0202. The molecule has 1 aromatic rings. The summed E-state index contributed by atoms with van der Waals surface area (Å²) in [5.74, 6) is -0.193. The normalized spacial score (nSPS) is 11.0. The van der Waals surface area contributed by atoms with E-state index in [-0.39, 0.29) is 11.3 Å². The number of carbonyl (C=O) groups is 2. The molecule has 5 nitrogen and oxygen atoms in total. The number of phenols is 1. The minimum absolute atomic E-state index is 0.162. The zero-order chi connectivity index (χ0) is 13.1. The van der Waals surface area contributed by atoms with Crippen molar-refractivity contribution in [3.63, 3.8) is 0 Å². The van der Waals surface area contributed by atoms with Gasteiger partial charge in [0.05, 0.1) is 16.9 Å². The highest BCUT2D eigenvalue weighted by molar-refractivity contribution is 5.82. The monoisotopic (exact) mass is 237 g/mol. The Morgan fingerprint density at radius 3 is 2.35 bits per heavy atom. The van der Waals surface area contributed by atoms with E-state index in [9.17, 15) is 14.7 Å². The van der Waals surface area contributed by atoms with Gasteiger partial charge >= 0.3 is 0 Å². The summed E-state index contributed by atoms with van der Waals surface area (Å²) in [4.78, 5) is 26.8. The molecular formula is C12H15NO4. The number of carbonyl (C=O) groups excluding carboxylic acids is 2. The third-order valence-corrected chi connectivity index (χ3v) is 1.86. The van der Waals surface area contributed by atoms with Gasteiger partial charge in [0, 0.05) is 6.07 Å². The van der Waals surface area contributed by atoms with Gasteiger partial charge in [-0.3, -0.25) is 14.4 Å². The molecule has 0 radical (unpaired) electrons. The largest absolute Gasteiger partial charge is 0.507 e. The van der Waals surface area contributed by atoms with Crippen molar-refractivity contribution < 1.29 is 19.5 Å². The Hall–Kier alpha value is -1.88. The van der Waals surface area contributed by atoms with Crippen molar-refractivity contribution in [2.24, 2.45) is 0 Å². The highest BCUT2D eigenvalue weighted by atomic mass is 16.7. The summed E-state index contributed by atoms with van der Waals surface area (Å²) in [6, 6.07) is 4.23. The van der Waals surface area contributed by atoms with Gasteiger partial charge in [-0.15, -0.1) is 0 Å². The van der Waals surface area contributed by atoms with E-state index in [0.717, 1.165) is 5.06 Å². The van der Waals surface area contributed by atoms with Gasteiger partial charge in [-0.25, -0.2) is 0 Å². The van der Waals surface area contributed by atoms with Gasteiger partial charge in [0.25, 0.3) is 0 Å². The summed E-state index contributed by atoms with van der Waals surface area (Å²) in [5, 5.41) is 10.5. The van der Waals surface area contributed by atoms with E-state index in [1.54, 1.807) is 20.8 Å². The zero-order valence-electron chi connectivity index (χ0n) is 10.0. The van der Waals surface area contributed by atoms with Crippen LogP contribution in [0.3, 0.4) is 0 Å². The lowest BCUT2D eigenvalue weighted by Gasteiger charge is -2.26. The Morgan fingerprint density at radius 2 is 1.94 bits per heavy atom. The van der Waals surface area contributed by atoms with Crippen LogP contribution in [-0.4, -0.2) is 23.4 Å². The SMILES string of the molecule is CC(C)(C)ON(C=O)c1ccc(C=O)c(O)c1. The topological polar surface area (TPSA) is 66.8 Å². The number of hydrogen-bond acceptors (Lipinski definition) is 4. The highest BCUT2D eigenvalue weighted by Gasteiger charge is 2.18. The smallest absolute Gasteiger partial charge is 0.238 e. The maximum atomic E-state index is 10.9. The van der Waals surface area contributed by atoms with Gasteiger partial charge in [0.2, 0.25) is 6.41 Å². The Kier molecular flexibility index (Phi) is 3.85. The maximum absolute atomic E-state index is 10.9. The number of hydrogen-bond donors (Lipinski definition) is 1. The number of aldehydes is 1. The highest BCUT2D eigenvalue weighted by Crippen LogP contribution is 2.25. The third-order valence-electron chi connectivity index (χ3n) is 1.86. The van der Waals surface area contributed by atoms with Gasteiger partial charge in [-0.2, -0.15) is 5.06 Å². The van der Waals surface area contributed by atoms with Gasteiger partial charge in [-0.05, 0) is 32.9 Å². The summed E-state index contributed by atoms with van der Waals surface area (Å²) < 4.78 is 0. The van der Waals surface area contributed by atoms with Crippen molar-refractivity contribution in [3.05, 3.63) is 23.8 Å². The Bertz CT molecular complexity index is 423. The van der Waals surface area contributed by atoms with Gasteiger partial charge in [0.15, 0.2) is 6.29 Å². The minimum atomic E-state index is -0.542. The predicted molar refractivity (Wildman–Crippen MR) is 62.9 cm³/mol. The van der Waals surface area contributed by atoms with Gasteiger partial charge in [-0.1, -0.05) is 0 Å². The maximum Gasteiger partial charge on any atom is 0.238 e. The first-order valence-electron chi connectivity index (χ1n) is 5.09. The van der Waals surface area contributed by atoms with Crippen LogP contribution in [-0.2, 0) is 9.63 Å². The van der Waals surface area contributed by atoms with Crippen molar-refractivity contribution in [1.82, 2.24) is 0 Å². The second kappa shape index (κ2) is 4.97. The summed E-state index contributed by atoms with van der Waals surface area (Å²) in [6.45, 7) is 5.38. The lowest BCUT2D eigenvalue weighted by atomic mass is 10.2. The van der Waals surface area contributed by atoms with Crippen LogP contribution in [0, 0.1) is 0 Å². The molecule has 0 spiro atoms. The molecule has 0 aliphatic heterocycles. The quantitative estimate of drug-likeness (QED) is 0.641. The molecule has 0 saturated carbocycles. The molecule has 1 amide bonds. The van der Waals surface area contributed by atoms with Crippen molar-refractivity contribution in [3.8, 4) is 5.75 Å². The van der Waals surface area contributed by atoms with Crippen molar-refractivity contribution in [2.75, 3.05) is 5.06 Å². The van der Waals surface area contributed by atoms with Crippen molar-refractivity contribution in [1.29, 1.82) is 0 Å². The van der Waals surface area contributed by atoms with Crippen LogP contribution in [0.5, 0.6) is 5.75 Å². The van der Waals surface area contributed by atoms with E-state index in [4.69, 9.17) is 4.84 Å². The van der Waals surface area contributed by atoms with Crippen LogP contribution in [0.15, 0.2) is 18.2 Å². The molecular weight excluding hydrogens is 222 g/mol. The Balaban J connectivity index is 3.01. The first-order chi connectivity index (χ1) is 7.87. The summed E-state index contributed by atoms with van der Waals surface area (Å²) in [6.07, 6.45) is 1.04. The number of phenolic OH excluding ortho intramolecular Hbond substituents is 1. The summed E-state index contributed by atoms with van der Waals surface area (Å²) in [7, 11) is 0. The third kappa shape index (κ3) is 3.57. The van der Waals surface area contributed by atoms with E-state index < -0.39 is 5.60 Å². The number of hydroxylamine groups is 1. The molecule has 0 aliphatic rings. The number of amides is 1.